The minimum atomic E-state index is -0.108. The Balaban J connectivity index is 1.53. The zero-order valence-corrected chi connectivity index (χ0v) is 15.6. The summed E-state index contributed by atoms with van der Waals surface area (Å²) in [6.07, 6.45) is 5.22. The molecule has 26 heavy (non-hydrogen) atoms. The van der Waals surface area contributed by atoms with Crippen LogP contribution in [0.2, 0.25) is 0 Å². The van der Waals surface area contributed by atoms with Gasteiger partial charge in [0.25, 0.3) is 0 Å². The minimum absolute atomic E-state index is 0.00621. The van der Waals surface area contributed by atoms with E-state index in [1.165, 1.54) is 37.9 Å². The Hall–Kier alpha value is -2.41. The smallest absolute Gasteiger partial charge is 0.234 e. The molecule has 0 spiro atoms. The number of hydrogen-bond acceptors (Lipinski definition) is 6. The molecule has 1 aliphatic rings. The second kappa shape index (κ2) is 8.80. The number of anilines is 2. The largest absolute Gasteiger partial charge is 0.356 e. The van der Waals surface area contributed by atoms with Crippen molar-refractivity contribution in [3.05, 3.63) is 42.2 Å². The van der Waals surface area contributed by atoms with Crippen molar-refractivity contribution in [3.8, 4) is 0 Å². The third kappa shape index (κ3) is 5.05. The van der Waals surface area contributed by atoms with Crippen molar-refractivity contribution in [1.29, 1.82) is 0 Å². The van der Waals surface area contributed by atoms with Gasteiger partial charge in [0.05, 0.1) is 5.75 Å². The van der Waals surface area contributed by atoms with Crippen LogP contribution in [0.15, 0.2) is 41.7 Å². The van der Waals surface area contributed by atoms with Gasteiger partial charge in [-0.25, -0.2) is 9.97 Å². The maximum absolute atomic E-state index is 12.1. The van der Waals surface area contributed by atoms with Crippen LogP contribution < -0.4 is 10.2 Å². The lowest BCUT2D eigenvalue weighted by Gasteiger charge is -2.27. The molecule has 1 aliphatic heterocycles. The molecule has 0 atom stereocenters. The highest BCUT2D eigenvalue weighted by Gasteiger charge is 2.13. The standard InChI is InChI=1S/C19H22N4O2S/c1-14(24)15-5-7-16(8-6-15)22-18(25)12-26-19-11-17(20-13-21-19)23-9-3-2-4-10-23/h5-8,11,13H,2-4,9-10,12H2,1H3,(H,22,25). The summed E-state index contributed by atoms with van der Waals surface area (Å²) in [5, 5.41) is 3.63. The fraction of sp³-hybridized carbons (Fsp3) is 0.368. The predicted molar refractivity (Wildman–Crippen MR) is 104 cm³/mol. The number of amides is 1. The van der Waals surface area contributed by atoms with Crippen LogP contribution in [0.4, 0.5) is 11.5 Å². The van der Waals surface area contributed by atoms with Gasteiger partial charge in [0.1, 0.15) is 17.2 Å². The molecule has 1 saturated heterocycles. The summed E-state index contributed by atoms with van der Waals surface area (Å²) >= 11 is 1.39. The Kier molecular flexibility index (Phi) is 6.22. The van der Waals surface area contributed by atoms with Gasteiger partial charge in [-0.3, -0.25) is 9.59 Å². The average molecular weight is 370 g/mol. The number of nitrogens with one attached hydrogen (secondary N) is 1. The number of aromatic nitrogens is 2. The van der Waals surface area contributed by atoms with Crippen molar-refractivity contribution in [3.63, 3.8) is 0 Å². The van der Waals surface area contributed by atoms with E-state index in [0.29, 0.717) is 11.3 Å². The molecule has 2 heterocycles. The molecule has 1 fully saturated rings. The second-order valence-corrected chi connectivity index (χ2v) is 7.23. The number of Topliss-reactive ketones (excluding diaryl/α,β-unsaturated/α-hetero) is 1. The lowest BCUT2D eigenvalue weighted by atomic mass is 10.1. The summed E-state index contributed by atoms with van der Waals surface area (Å²) in [4.78, 5) is 34.3. The predicted octanol–water partition coefficient (Wildman–Crippen LogP) is 3.40. The molecule has 1 N–H and O–H groups in total. The Morgan fingerprint density at radius 2 is 1.85 bits per heavy atom. The highest BCUT2D eigenvalue weighted by Crippen LogP contribution is 2.22. The van der Waals surface area contributed by atoms with Crippen LogP contribution in [0.1, 0.15) is 36.5 Å². The molecule has 136 valence electrons. The van der Waals surface area contributed by atoms with Crippen LogP contribution in [0.3, 0.4) is 0 Å². The SMILES string of the molecule is CC(=O)c1ccc(NC(=O)CSc2cc(N3CCCCC3)ncn2)cc1. The monoisotopic (exact) mass is 370 g/mol. The molecule has 0 unspecified atom stereocenters. The zero-order valence-electron chi connectivity index (χ0n) is 14.8. The first-order valence-corrected chi connectivity index (χ1v) is 9.71. The van der Waals surface area contributed by atoms with Crippen molar-refractivity contribution in [2.24, 2.45) is 0 Å². The van der Waals surface area contributed by atoms with Gasteiger partial charge in [0.2, 0.25) is 5.91 Å². The van der Waals surface area contributed by atoms with Crippen LogP contribution in [-0.2, 0) is 4.79 Å². The molecule has 1 aromatic heterocycles. The first-order chi connectivity index (χ1) is 12.6. The molecule has 0 saturated carbocycles. The van der Waals surface area contributed by atoms with Crippen LogP contribution >= 0.6 is 11.8 Å². The van der Waals surface area contributed by atoms with Crippen LogP contribution in [0, 0.1) is 0 Å². The summed E-state index contributed by atoms with van der Waals surface area (Å²) in [7, 11) is 0. The lowest BCUT2D eigenvalue weighted by Crippen LogP contribution is -2.30. The second-order valence-electron chi connectivity index (χ2n) is 6.23. The molecular weight excluding hydrogens is 348 g/mol. The molecule has 7 heteroatoms. The third-order valence-corrected chi connectivity index (χ3v) is 5.16. The van der Waals surface area contributed by atoms with Crippen molar-refractivity contribution in [1.82, 2.24) is 9.97 Å². The molecule has 3 rings (SSSR count). The summed E-state index contributed by atoms with van der Waals surface area (Å²) < 4.78 is 0. The Labute approximate surface area is 157 Å². The van der Waals surface area contributed by atoms with E-state index in [1.54, 1.807) is 30.6 Å². The van der Waals surface area contributed by atoms with Crippen molar-refractivity contribution in [2.75, 3.05) is 29.1 Å². The van der Waals surface area contributed by atoms with E-state index in [0.717, 1.165) is 23.9 Å². The highest BCUT2D eigenvalue weighted by molar-refractivity contribution is 7.99. The Morgan fingerprint density at radius 1 is 1.12 bits per heavy atom. The first-order valence-electron chi connectivity index (χ1n) is 8.72. The van der Waals surface area contributed by atoms with Gasteiger partial charge in [0.15, 0.2) is 5.78 Å². The maximum atomic E-state index is 12.1. The molecule has 0 bridgehead atoms. The normalized spacial score (nSPS) is 14.1. The van der Waals surface area contributed by atoms with Crippen LogP contribution in [0.25, 0.3) is 0 Å². The van der Waals surface area contributed by atoms with Gasteiger partial charge in [0, 0.05) is 30.4 Å². The minimum Gasteiger partial charge on any atom is -0.356 e. The van der Waals surface area contributed by atoms with Crippen LogP contribution in [0.5, 0.6) is 0 Å². The number of carbonyl (C=O) groups is 2. The molecular formula is C19H22N4O2S. The number of ketones is 1. The first kappa shape index (κ1) is 18.4. The zero-order chi connectivity index (χ0) is 18.4. The number of nitrogens with zero attached hydrogens (tertiary/aromatic N) is 3. The van der Waals surface area contributed by atoms with Gasteiger partial charge in [-0.15, -0.1) is 0 Å². The van der Waals surface area contributed by atoms with Gasteiger partial charge in [-0.2, -0.15) is 0 Å². The quantitative estimate of drug-likeness (QED) is 0.477. The number of piperidine rings is 1. The van der Waals surface area contributed by atoms with Crippen LogP contribution in [-0.4, -0.2) is 40.5 Å². The van der Waals surface area contributed by atoms with E-state index in [1.807, 2.05) is 6.07 Å². The number of benzene rings is 1. The average Bonchev–Trinajstić information content (AvgIpc) is 2.68. The van der Waals surface area contributed by atoms with Crippen molar-refractivity contribution in [2.45, 2.75) is 31.2 Å². The molecule has 6 nitrogen and oxygen atoms in total. The molecule has 2 aromatic rings. The Morgan fingerprint density at radius 3 is 2.54 bits per heavy atom. The molecule has 1 amide bonds. The van der Waals surface area contributed by atoms with Gasteiger partial charge in [-0.05, 0) is 50.5 Å². The van der Waals surface area contributed by atoms with E-state index < -0.39 is 0 Å². The third-order valence-electron chi connectivity index (χ3n) is 4.23. The number of thioether (sulfide) groups is 1. The summed E-state index contributed by atoms with van der Waals surface area (Å²) in [6.45, 7) is 3.57. The van der Waals surface area contributed by atoms with E-state index in [9.17, 15) is 9.59 Å². The van der Waals surface area contributed by atoms with Crippen molar-refractivity contribution < 1.29 is 9.59 Å². The highest BCUT2D eigenvalue weighted by atomic mass is 32.2. The fourth-order valence-corrected chi connectivity index (χ4v) is 3.49. The van der Waals surface area contributed by atoms with Gasteiger partial charge in [-0.1, -0.05) is 11.8 Å². The lowest BCUT2D eigenvalue weighted by molar-refractivity contribution is -0.113. The van der Waals surface area contributed by atoms with Gasteiger partial charge < -0.3 is 10.2 Å². The number of carbonyl (C=O) groups excluding carboxylic acids is 2. The Bertz CT molecular complexity index is 773. The number of rotatable bonds is 6. The fourth-order valence-electron chi connectivity index (χ4n) is 2.83. The molecule has 0 aliphatic carbocycles. The van der Waals surface area contributed by atoms with Crippen molar-refractivity contribution >= 4 is 35.0 Å². The van der Waals surface area contributed by atoms with E-state index in [-0.39, 0.29) is 17.4 Å². The van der Waals surface area contributed by atoms with E-state index >= 15 is 0 Å². The summed E-state index contributed by atoms with van der Waals surface area (Å²) in [5.41, 5.74) is 1.31. The summed E-state index contributed by atoms with van der Waals surface area (Å²) in [5.74, 6) is 1.10. The topological polar surface area (TPSA) is 75.2 Å². The van der Waals surface area contributed by atoms with E-state index in [2.05, 4.69) is 20.2 Å². The summed E-state index contributed by atoms with van der Waals surface area (Å²) in [6, 6.07) is 8.84. The van der Waals surface area contributed by atoms with Gasteiger partial charge >= 0.3 is 0 Å². The molecule has 0 radical (unpaired) electrons. The number of hydrogen-bond donors (Lipinski definition) is 1. The molecule has 1 aromatic carbocycles. The maximum Gasteiger partial charge on any atom is 0.234 e. The van der Waals surface area contributed by atoms with E-state index in [4.69, 9.17) is 0 Å².